The first-order chi connectivity index (χ1) is 10.8. The molecule has 0 aromatic rings. The third kappa shape index (κ3) is 9.17. The number of methoxy groups -OCH3 is 1. The molecule has 0 bridgehead atoms. The molecule has 0 radical (unpaired) electrons. The summed E-state index contributed by atoms with van der Waals surface area (Å²) >= 11 is 0. The Hall–Kier alpha value is -2.05. The van der Waals surface area contributed by atoms with E-state index in [0.717, 1.165) is 0 Å². The summed E-state index contributed by atoms with van der Waals surface area (Å²) in [7, 11) is 1.24. The smallest absolute Gasteiger partial charge is 0.411 e. The van der Waals surface area contributed by atoms with Crippen LogP contribution in [0.25, 0.3) is 0 Å². The molecule has 0 aromatic carbocycles. The number of hydrogen-bond donors (Lipinski definition) is 0. The van der Waals surface area contributed by atoms with Crippen molar-refractivity contribution < 1.29 is 28.6 Å². The van der Waals surface area contributed by atoms with E-state index in [-0.39, 0.29) is 6.54 Å². The fourth-order valence-corrected chi connectivity index (χ4v) is 1.61. The summed E-state index contributed by atoms with van der Waals surface area (Å²) in [6.07, 6.45) is 1.98. The third-order valence-corrected chi connectivity index (χ3v) is 2.60. The van der Waals surface area contributed by atoms with Gasteiger partial charge >= 0.3 is 18.0 Å². The topological polar surface area (TPSA) is 82.1 Å². The zero-order chi connectivity index (χ0) is 19.1. The van der Waals surface area contributed by atoms with Crippen LogP contribution in [0.5, 0.6) is 0 Å². The lowest BCUT2D eigenvalue weighted by molar-refractivity contribution is -0.148. The van der Waals surface area contributed by atoms with Gasteiger partial charge in [0.15, 0.2) is 0 Å². The second-order valence-electron chi connectivity index (χ2n) is 7.27. The maximum absolute atomic E-state index is 12.3. The Bertz CT molecular complexity index is 484. The van der Waals surface area contributed by atoms with Gasteiger partial charge in [-0.15, -0.1) is 0 Å². The third-order valence-electron chi connectivity index (χ3n) is 2.60. The predicted octanol–water partition coefficient (Wildman–Crippen LogP) is 2.68. The van der Waals surface area contributed by atoms with E-state index >= 15 is 0 Å². The fraction of sp³-hybridized carbons (Fsp3) is 0.706. The highest BCUT2D eigenvalue weighted by Gasteiger charge is 2.29. The van der Waals surface area contributed by atoms with Crippen LogP contribution in [0.2, 0.25) is 0 Å². The molecule has 0 rings (SSSR count). The van der Waals surface area contributed by atoms with Gasteiger partial charge in [-0.2, -0.15) is 0 Å². The number of amides is 1. The molecule has 0 N–H and O–H groups in total. The molecule has 1 amide bonds. The SMILES string of the molecule is COC(=O)[C@H](C)N(C/C=C/C(=O)OC(C)(C)C)C(=O)OC(C)(C)C. The summed E-state index contributed by atoms with van der Waals surface area (Å²) < 4.78 is 15.1. The number of ether oxygens (including phenoxy) is 3. The van der Waals surface area contributed by atoms with Crippen molar-refractivity contribution in [3.05, 3.63) is 12.2 Å². The van der Waals surface area contributed by atoms with Crippen molar-refractivity contribution in [1.82, 2.24) is 4.90 Å². The predicted molar refractivity (Wildman–Crippen MR) is 89.4 cm³/mol. The minimum absolute atomic E-state index is 0.00439. The van der Waals surface area contributed by atoms with E-state index in [1.165, 1.54) is 31.1 Å². The highest BCUT2D eigenvalue weighted by molar-refractivity contribution is 5.83. The highest BCUT2D eigenvalue weighted by Crippen LogP contribution is 2.13. The second-order valence-corrected chi connectivity index (χ2v) is 7.27. The Balaban J connectivity index is 5.05. The maximum Gasteiger partial charge on any atom is 0.411 e. The summed E-state index contributed by atoms with van der Waals surface area (Å²) in [5, 5.41) is 0. The van der Waals surface area contributed by atoms with Gasteiger partial charge in [-0.05, 0) is 48.5 Å². The summed E-state index contributed by atoms with van der Waals surface area (Å²) in [5.41, 5.74) is -1.31. The molecular formula is C17H29NO6. The zero-order valence-electron chi connectivity index (χ0n) is 15.8. The number of rotatable bonds is 5. The summed E-state index contributed by atoms with van der Waals surface area (Å²) in [5.74, 6) is -1.11. The average Bonchev–Trinajstić information content (AvgIpc) is 2.37. The van der Waals surface area contributed by atoms with Gasteiger partial charge in [-0.25, -0.2) is 14.4 Å². The van der Waals surface area contributed by atoms with Crippen LogP contribution < -0.4 is 0 Å². The zero-order valence-corrected chi connectivity index (χ0v) is 15.8. The van der Waals surface area contributed by atoms with E-state index in [0.29, 0.717) is 0 Å². The Kier molecular flexibility index (Phi) is 7.96. The molecule has 7 nitrogen and oxygen atoms in total. The standard InChI is InChI=1S/C17H29NO6/c1-12(14(20)22-8)18(15(21)24-17(5,6)7)11-9-10-13(19)23-16(2,3)4/h9-10,12H,11H2,1-8H3/b10-9+/t12-/m0/s1. The van der Waals surface area contributed by atoms with Gasteiger partial charge in [0.2, 0.25) is 0 Å². The molecule has 24 heavy (non-hydrogen) atoms. The van der Waals surface area contributed by atoms with Crippen molar-refractivity contribution in [3.63, 3.8) is 0 Å². The second kappa shape index (κ2) is 8.70. The molecule has 0 spiro atoms. The van der Waals surface area contributed by atoms with Crippen LogP contribution in [0.3, 0.4) is 0 Å². The number of carbonyl (C=O) groups is 3. The number of nitrogens with zero attached hydrogens (tertiary/aromatic N) is 1. The Morgan fingerprint density at radius 2 is 1.50 bits per heavy atom. The van der Waals surface area contributed by atoms with Crippen molar-refractivity contribution in [2.24, 2.45) is 0 Å². The Morgan fingerprint density at radius 1 is 1.00 bits per heavy atom. The molecule has 0 saturated heterocycles. The largest absolute Gasteiger partial charge is 0.467 e. The average molecular weight is 343 g/mol. The van der Waals surface area contributed by atoms with Crippen molar-refractivity contribution in [2.45, 2.75) is 65.7 Å². The summed E-state index contributed by atoms with van der Waals surface area (Å²) in [6.45, 7) is 12.0. The molecule has 0 aliphatic rings. The summed E-state index contributed by atoms with van der Waals surface area (Å²) in [4.78, 5) is 36.8. The number of carbonyl (C=O) groups excluding carboxylic acids is 3. The molecule has 0 fully saturated rings. The van der Waals surface area contributed by atoms with Gasteiger partial charge in [-0.1, -0.05) is 6.08 Å². The minimum atomic E-state index is -0.854. The maximum atomic E-state index is 12.3. The monoisotopic (exact) mass is 343 g/mol. The van der Waals surface area contributed by atoms with Crippen LogP contribution in [0.4, 0.5) is 4.79 Å². The van der Waals surface area contributed by atoms with Crippen molar-refractivity contribution in [2.75, 3.05) is 13.7 Å². The first kappa shape index (κ1) is 21.9. The van der Waals surface area contributed by atoms with E-state index in [1.54, 1.807) is 41.5 Å². The van der Waals surface area contributed by atoms with Gasteiger partial charge < -0.3 is 14.2 Å². The number of hydrogen-bond acceptors (Lipinski definition) is 6. The highest BCUT2D eigenvalue weighted by atomic mass is 16.6. The molecule has 1 atom stereocenters. The van der Waals surface area contributed by atoms with Gasteiger partial charge in [0.05, 0.1) is 7.11 Å². The van der Waals surface area contributed by atoms with Crippen molar-refractivity contribution in [3.8, 4) is 0 Å². The van der Waals surface area contributed by atoms with Crippen LogP contribution in [0.15, 0.2) is 12.2 Å². The van der Waals surface area contributed by atoms with E-state index in [1.807, 2.05) is 0 Å². The van der Waals surface area contributed by atoms with Crippen LogP contribution in [-0.4, -0.2) is 53.8 Å². The molecule has 0 heterocycles. The normalized spacial score (nSPS) is 13.3. The fourth-order valence-electron chi connectivity index (χ4n) is 1.61. The molecular weight excluding hydrogens is 314 g/mol. The molecule has 0 aliphatic heterocycles. The van der Waals surface area contributed by atoms with Gasteiger partial charge in [0, 0.05) is 12.6 Å². The lowest BCUT2D eigenvalue weighted by Crippen LogP contribution is -2.46. The first-order valence-corrected chi connectivity index (χ1v) is 7.74. The quantitative estimate of drug-likeness (QED) is 0.434. The Labute approximate surface area is 143 Å². The van der Waals surface area contributed by atoms with E-state index < -0.39 is 35.3 Å². The van der Waals surface area contributed by atoms with Crippen LogP contribution in [-0.2, 0) is 23.8 Å². The van der Waals surface area contributed by atoms with E-state index in [4.69, 9.17) is 9.47 Å². The van der Waals surface area contributed by atoms with Crippen molar-refractivity contribution in [1.29, 1.82) is 0 Å². The van der Waals surface area contributed by atoms with Crippen LogP contribution in [0, 0.1) is 0 Å². The lowest BCUT2D eigenvalue weighted by atomic mass is 10.2. The van der Waals surface area contributed by atoms with Crippen LogP contribution in [0.1, 0.15) is 48.5 Å². The Morgan fingerprint density at radius 3 is 1.92 bits per heavy atom. The molecule has 7 heteroatoms. The van der Waals surface area contributed by atoms with E-state index in [2.05, 4.69) is 4.74 Å². The molecule has 0 aromatic heterocycles. The van der Waals surface area contributed by atoms with Crippen LogP contribution >= 0.6 is 0 Å². The minimum Gasteiger partial charge on any atom is -0.467 e. The van der Waals surface area contributed by atoms with E-state index in [9.17, 15) is 14.4 Å². The molecule has 138 valence electrons. The molecule has 0 saturated carbocycles. The number of esters is 2. The molecule has 0 unspecified atom stereocenters. The van der Waals surface area contributed by atoms with Gasteiger partial charge in [0.25, 0.3) is 0 Å². The summed E-state index contributed by atoms with van der Waals surface area (Å²) in [6, 6.07) is -0.854. The van der Waals surface area contributed by atoms with Crippen molar-refractivity contribution >= 4 is 18.0 Å². The van der Waals surface area contributed by atoms with Gasteiger partial charge in [-0.3, -0.25) is 4.90 Å². The first-order valence-electron chi connectivity index (χ1n) is 7.74. The van der Waals surface area contributed by atoms with Gasteiger partial charge in [0.1, 0.15) is 17.2 Å². The molecule has 0 aliphatic carbocycles. The lowest BCUT2D eigenvalue weighted by Gasteiger charge is -2.29.